The first kappa shape index (κ1) is 84.3. The summed E-state index contributed by atoms with van der Waals surface area (Å²) in [5.74, 6) is 3.30. The zero-order chi connectivity index (χ0) is 63.9. The Bertz CT molecular complexity index is 3850. The third-order valence-corrected chi connectivity index (χ3v) is 22.1. The molecule has 12 rings (SSSR count). The summed E-state index contributed by atoms with van der Waals surface area (Å²) < 4.78 is 111. The van der Waals surface area contributed by atoms with E-state index in [9.17, 15) is 38.2 Å². The fourth-order valence-electron chi connectivity index (χ4n) is 12.7. The molecule has 8 aromatic heterocycles. The van der Waals surface area contributed by atoms with Crippen LogP contribution in [0.4, 0.5) is 22.2 Å². The molecule has 0 atom stereocenters. The smallest absolute Gasteiger partial charge is 0.748 e. The number of sulfonamides is 1. The molecule has 0 radical (unpaired) electrons. The summed E-state index contributed by atoms with van der Waals surface area (Å²) in [6.07, 6.45) is 30.9. The van der Waals surface area contributed by atoms with Crippen molar-refractivity contribution in [3.8, 4) is 0 Å². The third kappa shape index (κ3) is 25.4. The molecule has 4 aliphatic rings. The minimum absolute atomic E-state index is 0. The Hall–Kier alpha value is -3.94. The van der Waals surface area contributed by atoms with Crippen LogP contribution in [0.3, 0.4) is 0 Å². The molecule has 0 saturated heterocycles. The van der Waals surface area contributed by atoms with Crippen LogP contribution in [0.15, 0.2) is 74.4 Å². The van der Waals surface area contributed by atoms with Gasteiger partial charge in [0.05, 0.1) is 43.5 Å². The first-order chi connectivity index (χ1) is 42.4. The van der Waals surface area contributed by atoms with Gasteiger partial charge in [0, 0.05) is 115 Å². The molecule has 8 aromatic rings. The molecule has 4 fully saturated rings. The Kier molecular flexibility index (Phi) is 35.0. The Balaban J connectivity index is 0.000000409. The Morgan fingerprint density at radius 3 is 1.22 bits per heavy atom. The van der Waals surface area contributed by atoms with E-state index in [1.807, 2.05) is 70.2 Å². The Morgan fingerprint density at radius 2 is 0.872 bits per heavy atom. The zero-order valence-corrected chi connectivity index (χ0v) is 62.6. The number of H-pyrrole nitrogens is 4. The number of hydrogen-bond acceptors (Lipinski definition) is 21. The predicted molar refractivity (Wildman–Crippen MR) is 363 cm³/mol. The van der Waals surface area contributed by atoms with E-state index in [0.29, 0.717) is 24.2 Å². The van der Waals surface area contributed by atoms with Gasteiger partial charge in [-0.1, -0.05) is 20.2 Å². The average molecular weight is 1610 g/mol. The first-order valence-corrected chi connectivity index (χ1v) is 37.3. The molecule has 8 heterocycles. The minimum Gasteiger partial charge on any atom is -0.748 e. The number of halogens is 2. The number of nitrogens with one attached hydrogen (secondary N) is 6. The molecule has 520 valence electrons. The van der Waals surface area contributed by atoms with E-state index in [1.54, 1.807) is 19.0 Å². The van der Waals surface area contributed by atoms with Crippen molar-refractivity contribution in [1.29, 1.82) is 0 Å². The zero-order valence-electron chi connectivity index (χ0n) is 52.6. The standard InChI is InChI=1S/C15H23N5O2S.C14H19ClN4O2S.C14H20N4O3S.C8H17NO3S.C6H4N3.2CH4.FH.K.W.H2/c1-16-23(21,22)9-11-3-5-12(6-4-11)20(2)15-13-7-8-17-14(13)18-10-19-15;1-19(14-12-6-7-16-13(12)17-9-18-14)11-4-2-10(3-5-11)8-22(15,20)21;1-18(14-12-6-7-15-13(12)16-9-17-14)11-4-2-10(3-5-11)8-22(19,20)21;1-9-8-4-2-7(3-5-8)6-13(10,11)12;1-2-8-6-5(1)3-7-4-9-6;;;;;;/h7-8,10-12,16H,3-6,9H2,1-2H3,(H,17,18,19);6-7,9-11H,2-5,8H2,1H3,(H,16,17,18);6-7,9-11H,2-5,8H2,1H3,(H,15,16,17)(H,19,20,21);7-9H,2-6H2,1H3,(H,10,11,12);1-2,4H,(H,7,8,9);2*1H4;1H;;;1H/q;;;;-1;;;;+1;;/p-1/i;;;;;;;;;;1+1. The monoisotopic (exact) mass is 1610 g/mol. The number of aromatic amines is 4. The molecule has 0 amide bonds. The number of rotatable bonds is 16. The number of hydrogen-bond donors (Lipinski definition) is 7. The van der Waals surface area contributed by atoms with Crippen molar-refractivity contribution in [3.05, 3.63) is 80.6 Å². The fourth-order valence-corrected chi connectivity index (χ4v) is 17.0. The molecule has 4 aliphatic carbocycles. The van der Waals surface area contributed by atoms with E-state index in [4.69, 9.17) is 15.2 Å². The van der Waals surface area contributed by atoms with Gasteiger partial charge in [-0.15, -0.1) is 6.07 Å². The second kappa shape index (κ2) is 39.0. The second-order valence-corrected chi connectivity index (χ2v) is 31.3. The molecule has 0 bridgehead atoms. The molecule has 0 spiro atoms. The van der Waals surface area contributed by atoms with Gasteiger partial charge in [0.25, 0.3) is 10.1 Å². The molecule has 27 nitrogen and oxygen atoms in total. The Morgan fingerprint density at radius 1 is 0.532 bits per heavy atom. The van der Waals surface area contributed by atoms with Gasteiger partial charge in [0.2, 0.25) is 19.1 Å². The normalized spacial score (nSPS) is 21.3. The predicted octanol–water partition coefficient (Wildman–Crippen LogP) is 5.60. The fraction of sp³-hybridized carbons (Fsp3) is 0.593. The van der Waals surface area contributed by atoms with Crippen LogP contribution in [-0.4, -0.2) is 185 Å². The van der Waals surface area contributed by atoms with E-state index in [1.165, 1.54) is 13.4 Å². The van der Waals surface area contributed by atoms with Crippen LogP contribution in [0.25, 0.3) is 44.1 Å². The van der Waals surface area contributed by atoms with Crippen molar-refractivity contribution in [2.45, 2.75) is 142 Å². The topological polar surface area (TPSA) is 380 Å². The van der Waals surface area contributed by atoms with Crippen LogP contribution in [-0.2, 0) is 60.4 Å². The van der Waals surface area contributed by atoms with Gasteiger partial charge in [0.1, 0.15) is 53.4 Å². The van der Waals surface area contributed by atoms with Crippen LogP contribution in [0, 0.1) is 29.9 Å². The summed E-state index contributed by atoms with van der Waals surface area (Å²) in [5, 5.41) is 7.12. The number of anilines is 3. The van der Waals surface area contributed by atoms with Crippen molar-refractivity contribution in [1.82, 2.24) is 69.8 Å². The summed E-state index contributed by atoms with van der Waals surface area (Å²) in [6, 6.07) is 9.39. The summed E-state index contributed by atoms with van der Waals surface area (Å²) in [4.78, 5) is 52.3. The third-order valence-electron chi connectivity index (χ3n) is 17.6. The van der Waals surface area contributed by atoms with Gasteiger partial charge in [-0.05, 0) is 171 Å². The molecule has 35 heteroatoms. The maximum absolute atomic E-state index is 11.7. The van der Waals surface area contributed by atoms with Crippen molar-refractivity contribution in [2.75, 3.05) is 72.9 Å². The SMILES string of the molecule is C.C.CN(c1ncnc2[nH]ccc12)C1CCC(CS(=O)(=O)Cl)CC1.CN(c1ncnc2[nH]ccc12)C1CCC(CS(=O)(=O)[O-])CC1.CNC1CCC(CS(=O)(=O)O)CC1.CNS(=O)(=O)CC1CCC(N(C)c2ncnc3[nH]ccc23)CC1.F.[2HH].[K+].[W].[c-]1ncnc2[nH]ccc12. The molecule has 0 unspecified atom stereocenters. The maximum Gasteiger partial charge on any atom is 1.00 e. The number of aromatic nitrogens is 12. The van der Waals surface area contributed by atoms with E-state index >= 15 is 0 Å². The van der Waals surface area contributed by atoms with Gasteiger partial charge in [-0.3, -0.25) is 9.26 Å². The summed E-state index contributed by atoms with van der Waals surface area (Å²) in [5.41, 5.74) is 3.32. The van der Waals surface area contributed by atoms with Gasteiger partial charge >= 0.3 is 51.4 Å². The molecule has 7 N–H and O–H groups in total. The van der Waals surface area contributed by atoms with E-state index < -0.39 is 39.3 Å². The summed E-state index contributed by atoms with van der Waals surface area (Å²) in [7, 11) is 0.450. The minimum atomic E-state index is -4.12. The van der Waals surface area contributed by atoms with Crippen molar-refractivity contribution < 1.29 is 121 Å². The second-order valence-electron chi connectivity index (χ2n) is 23.6. The molecular formula is C59H93ClFKN17O10S4W-. The average Bonchev–Trinajstić information content (AvgIpc) is 1.81. The number of fused-ring (bicyclic) bond motifs is 4. The van der Waals surface area contributed by atoms with Crippen LogP contribution >= 0.6 is 10.7 Å². The maximum atomic E-state index is 11.7. The summed E-state index contributed by atoms with van der Waals surface area (Å²) in [6.45, 7) is 0. The quantitative estimate of drug-likeness (QED) is 0.0268. The molecule has 0 aliphatic heterocycles. The molecule has 94 heavy (non-hydrogen) atoms. The van der Waals surface area contributed by atoms with Crippen molar-refractivity contribution >= 4 is 112 Å². The molecule has 4 saturated carbocycles. The van der Waals surface area contributed by atoms with Gasteiger partial charge in [0.15, 0.2) is 0 Å². The van der Waals surface area contributed by atoms with Crippen LogP contribution in [0.5, 0.6) is 0 Å². The summed E-state index contributed by atoms with van der Waals surface area (Å²) >= 11 is 0. The molecular weight excluding hydrogens is 1510 g/mol. The van der Waals surface area contributed by atoms with Gasteiger partial charge in [-0.2, -0.15) is 8.42 Å². The van der Waals surface area contributed by atoms with Crippen LogP contribution < -0.4 is 76.1 Å². The number of nitrogens with zero attached hydrogens (tertiary/aromatic N) is 11. The van der Waals surface area contributed by atoms with E-state index in [-0.39, 0.29) is 140 Å². The van der Waals surface area contributed by atoms with E-state index in [0.717, 1.165) is 164 Å². The van der Waals surface area contributed by atoms with Crippen LogP contribution in [0.2, 0.25) is 0 Å². The van der Waals surface area contributed by atoms with Gasteiger partial charge < -0.3 is 54.5 Å². The largest absolute Gasteiger partial charge is 1.00 e. The van der Waals surface area contributed by atoms with Crippen LogP contribution in [0.1, 0.15) is 119 Å². The van der Waals surface area contributed by atoms with E-state index in [2.05, 4.69) is 97.8 Å². The van der Waals surface area contributed by atoms with Crippen molar-refractivity contribution in [2.24, 2.45) is 23.7 Å². The van der Waals surface area contributed by atoms with Gasteiger partial charge in [-0.25, -0.2) is 59.9 Å². The molecule has 0 aromatic carbocycles. The van der Waals surface area contributed by atoms with Crippen molar-refractivity contribution in [3.63, 3.8) is 0 Å². The first-order valence-electron chi connectivity index (χ1n) is 29.9. The Labute approximate surface area is 615 Å².